The molecule has 1 aromatic heterocycles. The third-order valence-electron chi connectivity index (χ3n) is 5.90. The molecule has 32 heavy (non-hydrogen) atoms. The van der Waals surface area contributed by atoms with Crippen LogP contribution in [0.5, 0.6) is 5.75 Å². The number of piperidine rings is 1. The second-order valence-corrected chi connectivity index (χ2v) is 8.25. The van der Waals surface area contributed by atoms with Crippen molar-refractivity contribution in [3.8, 4) is 17.2 Å². The van der Waals surface area contributed by atoms with Gasteiger partial charge < -0.3 is 19.4 Å². The molecule has 1 aliphatic heterocycles. The molecule has 1 aliphatic rings. The van der Waals surface area contributed by atoms with E-state index in [1.807, 2.05) is 69.3 Å². The Bertz CT molecular complexity index is 1020. The number of amides is 1. The molecule has 0 unspecified atom stereocenters. The molecule has 4 rings (SSSR count). The van der Waals surface area contributed by atoms with Gasteiger partial charge in [-0.1, -0.05) is 34.9 Å². The molecule has 0 aliphatic carbocycles. The molecule has 0 saturated carbocycles. The van der Waals surface area contributed by atoms with Gasteiger partial charge >= 0.3 is 6.01 Å². The Morgan fingerprint density at radius 1 is 1.12 bits per heavy atom. The number of ether oxygens (including phenoxy) is 1. The summed E-state index contributed by atoms with van der Waals surface area (Å²) in [6, 6.07) is 16.4. The molecule has 2 aromatic carbocycles. The van der Waals surface area contributed by atoms with Crippen molar-refractivity contribution < 1.29 is 13.9 Å². The fraction of sp³-hybridized carbons (Fsp3) is 0.400. The average Bonchev–Trinajstić information content (AvgIpc) is 3.30. The summed E-state index contributed by atoms with van der Waals surface area (Å²) in [5.74, 6) is 1.44. The highest BCUT2D eigenvalue weighted by Crippen LogP contribution is 2.27. The molecule has 0 bridgehead atoms. The summed E-state index contributed by atoms with van der Waals surface area (Å²) in [7, 11) is 0. The van der Waals surface area contributed by atoms with Crippen LogP contribution in [0.15, 0.2) is 52.9 Å². The number of carbonyl (C=O) groups is 1. The predicted octanol–water partition coefficient (Wildman–Crippen LogP) is 4.54. The Morgan fingerprint density at radius 3 is 2.47 bits per heavy atom. The van der Waals surface area contributed by atoms with Crippen molar-refractivity contribution in [3.05, 3.63) is 59.7 Å². The number of aryl methyl sites for hydroxylation is 1. The molecule has 1 atom stereocenters. The van der Waals surface area contributed by atoms with Crippen molar-refractivity contribution in [1.29, 1.82) is 0 Å². The number of nitrogens with one attached hydrogen (secondary N) is 1. The average molecular weight is 435 g/mol. The molecule has 1 amide bonds. The van der Waals surface area contributed by atoms with Crippen LogP contribution in [0.3, 0.4) is 0 Å². The van der Waals surface area contributed by atoms with E-state index in [9.17, 15) is 4.79 Å². The van der Waals surface area contributed by atoms with Crippen molar-refractivity contribution in [2.45, 2.75) is 39.7 Å². The summed E-state index contributed by atoms with van der Waals surface area (Å²) >= 11 is 0. The lowest BCUT2D eigenvalue weighted by molar-refractivity contribution is -0.126. The maximum atomic E-state index is 12.8. The number of nitrogens with zero attached hydrogens (tertiary/aromatic N) is 3. The molecule has 1 fully saturated rings. The number of rotatable bonds is 7. The lowest BCUT2D eigenvalue weighted by Crippen LogP contribution is -2.41. The molecule has 0 spiro atoms. The van der Waals surface area contributed by atoms with Gasteiger partial charge in [0, 0.05) is 24.6 Å². The van der Waals surface area contributed by atoms with Crippen LogP contribution in [0.4, 0.5) is 6.01 Å². The number of anilines is 1. The first kappa shape index (κ1) is 21.9. The molecular weight excluding hydrogens is 404 g/mol. The number of aromatic nitrogens is 2. The topological polar surface area (TPSA) is 80.5 Å². The van der Waals surface area contributed by atoms with E-state index in [1.165, 1.54) is 5.56 Å². The van der Waals surface area contributed by atoms with E-state index in [0.717, 1.165) is 29.7 Å². The van der Waals surface area contributed by atoms with Crippen molar-refractivity contribution in [3.63, 3.8) is 0 Å². The van der Waals surface area contributed by atoms with E-state index in [4.69, 9.17) is 9.15 Å². The highest BCUT2D eigenvalue weighted by Gasteiger charge is 2.28. The Labute approximate surface area is 188 Å². The summed E-state index contributed by atoms with van der Waals surface area (Å²) in [6.07, 6.45) is 1.51. The first-order valence-corrected chi connectivity index (χ1v) is 11.2. The van der Waals surface area contributed by atoms with Crippen LogP contribution in [-0.2, 0) is 4.79 Å². The van der Waals surface area contributed by atoms with Gasteiger partial charge in [-0.2, -0.15) is 0 Å². The van der Waals surface area contributed by atoms with Crippen LogP contribution >= 0.6 is 0 Å². The van der Waals surface area contributed by atoms with Gasteiger partial charge in [0.05, 0.1) is 12.6 Å². The molecule has 168 valence electrons. The molecule has 1 N–H and O–H groups in total. The smallest absolute Gasteiger partial charge is 0.318 e. The quantitative estimate of drug-likeness (QED) is 0.588. The molecule has 2 heterocycles. The standard InChI is InChI=1S/C25H30N4O3/c1-4-31-22-11-9-19(10-12-22)18(3)26-23(30)20-13-15-29(16-14-20)25-28-27-24(32-25)21-7-5-17(2)6-8-21/h5-12,18,20H,4,13-16H2,1-3H3,(H,26,30)/t18-/m1/s1. The lowest BCUT2D eigenvalue weighted by Gasteiger charge is -2.30. The maximum absolute atomic E-state index is 12.8. The fourth-order valence-corrected chi connectivity index (χ4v) is 3.92. The van der Waals surface area contributed by atoms with Crippen molar-refractivity contribution in [1.82, 2.24) is 15.5 Å². The predicted molar refractivity (Wildman–Crippen MR) is 124 cm³/mol. The zero-order chi connectivity index (χ0) is 22.5. The Kier molecular flexibility index (Phi) is 6.73. The minimum atomic E-state index is -0.0517. The second kappa shape index (κ2) is 9.85. The van der Waals surface area contributed by atoms with E-state index in [2.05, 4.69) is 20.4 Å². The van der Waals surface area contributed by atoms with Crippen molar-refractivity contribution >= 4 is 11.9 Å². The summed E-state index contributed by atoms with van der Waals surface area (Å²) in [4.78, 5) is 14.9. The van der Waals surface area contributed by atoms with Gasteiger partial charge in [0.1, 0.15) is 5.75 Å². The van der Waals surface area contributed by atoms with Crippen LogP contribution in [0.1, 0.15) is 43.9 Å². The molecule has 3 aromatic rings. The van der Waals surface area contributed by atoms with Gasteiger partial charge in [-0.15, -0.1) is 5.10 Å². The van der Waals surface area contributed by atoms with Gasteiger partial charge in [0.25, 0.3) is 0 Å². The summed E-state index contributed by atoms with van der Waals surface area (Å²) in [5.41, 5.74) is 3.16. The zero-order valence-electron chi connectivity index (χ0n) is 18.9. The third-order valence-corrected chi connectivity index (χ3v) is 5.90. The lowest BCUT2D eigenvalue weighted by atomic mass is 9.95. The van der Waals surface area contributed by atoms with Crippen molar-refractivity contribution in [2.75, 3.05) is 24.6 Å². The summed E-state index contributed by atoms with van der Waals surface area (Å²) in [5, 5.41) is 11.6. The minimum Gasteiger partial charge on any atom is -0.494 e. The maximum Gasteiger partial charge on any atom is 0.318 e. The van der Waals surface area contributed by atoms with Gasteiger partial charge in [0.15, 0.2) is 0 Å². The number of hydrogen-bond acceptors (Lipinski definition) is 6. The first-order chi connectivity index (χ1) is 15.5. The zero-order valence-corrected chi connectivity index (χ0v) is 18.9. The third kappa shape index (κ3) is 5.10. The van der Waals surface area contributed by atoms with Crippen LogP contribution in [0.2, 0.25) is 0 Å². The molecule has 0 radical (unpaired) electrons. The van der Waals surface area contributed by atoms with Gasteiger partial charge in [-0.05, 0) is 63.4 Å². The molecule has 1 saturated heterocycles. The van der Waals surface area contributed by atoms with Crippen LogP contribution in [0.25, 0.3) is 11.5 Å². The number of carbonyl (C=O) groups excluding carboxylic acids is 1. The SMILES string of the molecule is CCOc1ccc([C@@H](C)NC(=O)C2CCN(c3nnc(-c4ccc(C)cc4)o3)CC2)cc1. The van der Waals surface area contributed by atoms with Crippen molar-refractivity contribution in [2.24, 2.45) is 5.92 Å². The van der Waals surface area contributed by atoms with E-state index in [-0.39, 0.29) is 17.9 Å². The van der Waals surface area contributed by atoms with Crippen LogP contribution in [-0.4, -0.2) is 35.8 Å². The Morgan fingerprint density at radius 2 is 1.81 bits per heavy atom. The first-order valence-electron chi connectivity index (χ1n) is 11.2. The van der Waals surface area contributed by atoms with E-state index in [1.54, 1.807) is 0 Å². The second-order valence-electron chi connectivity index (χ2n) is 8.25. The monoisotopic (exact) mass is 434 g/mol. The Balaban J connectivity index is 1.29. The summed E-state index contributed by atoms with van der Waals surface area (Å²) in [6.45, 7) is 8.08. The fourth-order valence-electron chi connectivity index (χ4n) is 3.92. The minimum absolute atomic E-state index is 0.0177. The molecule has 7 nitrogen and oxygen atoms in total. The molecule has 7 heteroatoms. The highest BCUT2D eigenvalue weighted by atomic mass is 16.5. The van der Waals surface area contributed by atoms with Gasteiger partial charge in [-0.25, -0.2) is 0 Å². The number of hydrogen-bond donors (Lipinski definition) is 1. The van der Waals surface area contributed by atoms with E-state index < -0.39 is 0 Å². The summed E-state index contributed by atoms with van der Waals surface area (Å²) < 4.78 is 11.4. The van der Waals surface area contributed by atoms with Crippen LogP contribution < -0.4 is 15.0 Å². The highest BCUT2D eigenvalue weighted by molar-refractivity contribution is 5.79. The normalized spacial score (nSPS) is 15.4. The van der Waals surface area contributed by atoms with Crippen LogP contribution in [0, 0.1) is 12.8 Å². The van der Waals surface area contributed by atoms with E-state index in [0.29, 0.717) is 31.6 Å². The molecular formula is C25H30N4O3. The van der Waals surface area contributed by atoms with E-state index >= 15 is 0 Å². The Hall–Kier alpha value is -3.35. The van der Waals surface area contributed by atoms with Gasteiger partial charge in [0.2, 0.25) is 11.8 Å². The van der Waals surface area contributed by atoms with Gasteiger partial charge in [-0.3, -0.25) is 4.79 Å². The largest absolute Gasteiger partial charge is 0.494 e. The number of benzene rings is 2.